The molecule has 0 bridgehead atoms. The van der Waals surface area contributed by atoms with Gasteiger partial charge in [0.15, 0.2) is 5.65 Å². The molecule has 1 atom stereocenters. The molecule has 17 nitrogen and oxygen atoms in total. The highest BCUT2D eigenvalue weighted by Crippen LogP contribution is 2.28. The van der Waals surface area contributed by atoms with Crippen molar-refractivity contribution in [1.82, 2.24) is 44.2 Å². The van der Waals surface area contributed by atoms with Gasteiger partial charge < -0.3 is 25.6 Å². The summed E-state index contributed by atoms with van der Waals surface area (Å²) >= 11 is 0. The van der Waals surface area contributed by atoms with Crippen LogP contribution in [0, 0.1) is 17.8 Å². The maximum atomic E-state index is 13.8. The van der Waals surface area contributed by atoms with Crippen molar-refractivity contribution in [1.29, 1.82) is 0 Å². The van der Waals surface area contributed by atoms with E-state index in [0.717, 1.165) is 58.4 Å². The number of imidazole rings is 1. The number of piperazine rings is 1. The molecule has 3 aliphatic heterocycles. The van der Waals surface area contributed by atoms with Crippen molar-refractivity contribution in [3.05, 3.63) is 69.7 Å². The Labute approximate surface area is 350 Å². The number of nitrogens with two attached hydrogens (primary N) is 1. The molecular weight excluding hydrogens is 791 g/mol. The van der Waals surface area contributed by atoms with Gasteiger partial charge in [0.25, 0.3) is 12.3 Å². The Morgan fingerprint density at radius 1 is 1.05 bits per heavy atom. The number of benzene rings is 1. The van der Waals surface area contributed by atoms with Crippen LogP contribution in [0.15, 0.2) is 57.8 Å². The van der Waals surface area contributed by atoms with Crippen LogP contribution in [0.5, 0.6) is 0 Å². The largest absolute Gasteiger partial charge is 0.396 e. The Hall–Kier alpha value is -5.97. The molecule has 0 spiro atoms. The number of hydrogen-bond acceptors (Lipinski definition) is 12. The molecule has 1 aromatic carbocycles. The highest BCUT2D eigenvalue weighted by atomic mass is 19.3. The van der Waals surface area contributed by atoms with E-state index in [1.807, 2.05) is 17.0 Å². The summed E-state index contributed by atoms with van der Waals surface area (Å²) in [6, 6.07) is 6.48. The van der Waals surface area contributed by atoms with E-state index in [4.69, 9.17) is 10.5 Å². The van der Waals surface area contributed by atoms with Crippen LogP contribution in [-0.2, 0) is 21.4 Å². The third-order valence-electron chi connectivity index (χ3n) is 12.1. The van der Waals surface area contributed by atoms with E-state index < -0.39 is 30.0 Å². The van der Waals surface area contributed by atoms with Crippen LogP contribution in [-0.4, -0.2) is 136 Å². The maximum absolute atomic E-state index is 13.8. The molecule has 1 unspecified atom stereocenters. The number of para-hydroxylation sites is 1. The SMILES string of the molecule is Cn1c(=O)n(C2CCC(=O)NC2=O)c2cccc(C#CCN3CCN(CC4CCC(N=C/C(NC(=O)c5cnn6ccc(N7CCOCC7)nc56)=C(\N)C(F)F)CC4)CC3)c21. The van der Waals surface area contributed by atoms with Crippen LogP contribution in [0.2, 0.25) is 0 Å². The molecule has 3 aromatic heterocycles. The number of aliphatic imine (C=N–C) groups is 1. The van der Waals surface area contributed by atoms with E-state index in [2.05, 4.69) is 47.3 Å². The standard InChI is InChI=1S/C42H50F2N12O5/c1-51-37-28(4-2-6-32(37)56(42(51)60)33-11-12-35(57)50-41(33)59)5-3-14-52-16-18-53(19-17-52)26-27-7-9-29(10-8-27)46-25-31(36(45)38(43)44)48-40(58)30-24-47-55-15-13-34(49-39(30)55)54-20-22-61-23-21-54/h2,4,6,13,15,24-25,27,29,33,38H,7-12,14,16-23,26,45H2,1H3,(H,48,58)(H,50,57,59)/b36-31+,46-25?. The molecule has 1 aliphatic carbocycles. The number of allylic oxidation sites excluding steroid dienone is 2. The fraction of sp³-hybridized carbons (Fsp3) is 0.500. The van der Waals surface area contributed by atoms with E-state index in [0.29, 0.717) is 66.8 Å². The lowest BCUT2D eigenvalue weighted by Gasteiger charge is -2.37. The van der Waals surface area contributed by atoms with Crippen molar-refractivity contribution in [3.8, 4) is 11.8 Å². The normalized spacial score (nSPS) is 22.4. The van der Waals surface area contributed by atoms with Gasteiger partial charge in [0.1, 0.15) is 23.1 Å². The molecule has 4 aliphatic rings. The topological polar surface area (TPSA) is 190 Å². The number of imide groups is 1. The van der Waals surface area contributed by atoms with Gasteiger partial charge in [-0.25, -0.2) is 23.1 Å². The Morgan fingerprint density at radius 3 is 2.54 bits per heavy atom. The van der Waals surface area contributed by atoms with Crippen LogP contribution in [0.3, 0.4) is 0 Å². The number of aryl methyl sites for hydroxylation is 1. The summed E-state index contributed by atoms with van der Waals surface area (Å²) < 4.78 is 37.6. The number of hydrogen-bond donors (Lipinski definition) is 3. The summed E-state index contributed by atoms with van der Waals surface area (Å²) in [5.74, 6) is 6.25. The molecule has 4 aromatic rings. The van der Waals surface area contributed by atoms with E-state index in [1.54, 1.807) is 25.4 Å². The van der Waals surface area contributed by atoms with Gasteiger partial charge in [0, 0.05) is 71.7 Å². The third kappa shape index (κ3) is 9.21. The van der Waals surface area contributed by atoms with Gasteiger partial charge in [-0.3, -0.25) is 38.7 Å². The number of fused-ring (bicyclic) bond motifs is 2. The number of ether oxygens (including phenoxy) is 1. The molecule has 19 heteroatoms. The summed E-state index contributed by atoms with van der Waals surface area (Å²) in [4.78, 5) is 67.1. The van der Waals surface area contributed by atoms with Crippen LogP contribution >= 0.6 is 0 Å². The fourth-order valence-corrected chi connectivity index (χ4v) is 8.64. The molecule has 4 N–H and O–H groups in total. The average Bonchev–Trinajstić information content (AvgIpc) is 3.81. The molecule has 8 rings (SSSR count). The Kier molecular flexibility index (Phi) is 12.6. The van der Waals surface area contributed by atoms with Crippen molar-refractivity contribution in [2.75, 3.05) is 70.5 Å². The minimum atomic E-state index is -2.99. The monoisotopic (exact) mass is 840 g/mol. The first-order chi connectivity index (χ1) is 29.5. The van der Waals surface area contributed by atoms with Gasteiger partial charge in [-0.1, -0.05) is 17.9 Å². The van der Waals surface area contributed by atoms with Crippen molar-refractivity contribution in [2.24, 2.45) is 23.7 Å². The summed E-state index contributed by atoms with van der Waals surface area (Å²) in [6.45, 7) is 7.57. The Balaban J connectivity index is 0.815. The number of alkyl halides is 2. The zero-order valence-corrected chi connectivity index (χ0v) is 34.1. The number of carbonyl (C=O) groups excluding carboxylic acids is 3. The van der Waals surface area contributed by atoms with E-state index in [9.17, 15) is 28.0 Å². The summed E-state index contributed by atoms with van der Waals surface area (Å²) in [5, 5.41) is 9.12. The second-order valence-corrected chi connectivity index (χ2v) is 16.0. The van der Waals surface area contributed by atoms with Gasteiger partial charge in [0.2, 0.25) is 11.8 Å². The summed E-state index contributed by atoms with van der Waals surface area (Å²) in [6.07, 6.45) is 5.27. The minimum Gasteiger partial charge on any atom is -0.396 e. The number of piperidine rings is 1. The smallest absolute Gasteiger partial charge is 0.329 e. The van der Waals surface area contributed by atoms with Crippen LogP contribution in [0.4, 0.5) is 14.6 Å². The number of halogens is 2. The molecule has 6 heterocycles. The molecule has 1 saturated carbocycles. The molecule has 4 fully saturated rings. The third-order valence-corrected chi connectivity index (χ3v) is 12.1. The number of carbonyl (C=O) groups is 3. The first kappa shape index (κ1) is 41.8. The number of morpholine rings is 1. The Bertz CT molecular complexity index is 2480. The van der Waals surface area contributed by atoms with Gasteiger partial charge in [-0.15, -0.1) is 0 Å². The highest BCUT2D eigenvalue weighted by molar-refractivity contribution is 6.03. The molecule has 0 radical (unpaired) electrons. The van der Waals surface area contributed by atoms with Crippen molar-refractivity contribution in [2.45, 2.75) is 57.0 Å². The van der Waals surface area contributed by atoms with Crippen LogP contribution in [0.1, 0.15) is 60.5 Å². The first-order valence-electron chi connectivity index (χ1n) is 20.8. The van der Waals surface area contributed by atoms with E-state index in [-0.39, 0.29) is 41.7 Å². The second kappa shape index (κ2) is 18.3. The van der Waals surface area contributed by atoms with Gasteiger partial charge in [-0.2, -0.15) is 5.10 Å². The molecule has 3 amide bonds. The second-order valence-electron chi connectivity index (χ2n) is 16.0. The summed E-state index contributed by atoms with van der Waals surface area (Å²) in [7, 11) is 1.67. The predicted octanol–water partition coefficient (Wildman–Crippen LogP) is 1.66. The zero-order chi connectivity index (χ0) is 42.6. The number of aromatic nitrogens is 5. The average molecular weight is 841 g/mol. The molecular formula is C42H50F2N12O5. The number of amides is 3. The maximum Gasteiger partial charge on any atom is 0.329 e. The van der Waals surface area contributed by atoms with Crippen LogP contribution < -0.4 is 27.0 Å². The van der Waals surface area contributed by atoms with Crippen molar-refractivity contribution in [3.63, 3.8) is 0 Å². The van der Waals surface area contributed by atoms with Crippen LogP contribution in [0.25, 0.3) is 16.7 Å². The lowest BCUT2D eigenvalue weighted by molar-refractivity contribution is -0.135. The molecule has 322 valence electrons. The fourth-order valence-electron chi connectivity index (χ4n) is 8.64. The number of rotatable bonds is 10. The van der Waals surface area contributed by atoms with Gasteiger partial charge in [-0.05, 0) is 56.2 Å². The molecule has 61 heavy (non-hydrogen) atoms. The highest BCUT2D eigenvalue weighted by Gasteiger charge is 2.32. The van der Waals surface area contributed by atoms with Crippen molar-refractivity contribution < 1.29 is 27.9 Å². The predicted molar refractivity (Wildman–Crippen MR) is 223 cm³/mol. The van der Waals surface area contributed by atoms with Gasteiger partial charge in [0.05, 0.1) is 54.3 Å². The quantitative estimate of drug-likeness (QED) is 0.120. The number of nitrogens with zero attached hydrogens (tertiary/aromatic N) is 9. The number of nitrogens with one attached hydrogen (secondary N) is 2. The zero-order valence-electron chi connectivity index (χ0n) is 34.1. The lowest BCUT2D eigenvalue weighted by Crippen LogP contribution is -2.48. The van der Waals surface area contributed by atoms with Gasteiger partial charge >= 0.3 is 5.69 Å². The Morgan fingerprint density at radius 2 is 1.80 bits per heavy atom. The summed E-state index contributed by atoms with van der Waals surface area (Å²) in [5.41, 5.74) is 6.86. The minimum absolute atomic E-state index is 0.0805. The van der Waals surface area contributed by atoms with E-state index in [1.165, 1.54) is 26.1 Å². The molecule has 3 saturated heterocycles. The first-order valence-corrected chi connectivity index (χ1v) is 20.8. The number of anilines is 1. The van der Waals surface area contributed by atoms with E-state index >= 15 is 0 Å². The van der Waals surface area contributed by atoms with Crippen molar-refractivity contribution >= 4 is 46.4 Å². The lowest BCUT2D eigenvalue weighted by atomic mass is 9.86.